The van der Waals surface area contributed by atoms with E-state index in [0.717, 1.165) is 28.0 Å². The Balaban J connectivity index is 1.21. The minimum absolute atomic E-state index is 0.322. The summed E-state index contributed by atoms with van der Waals surface area (Å²) in [6.07, 6.45) is 5.65. The fraction of sp³-hybridized carbons (Fsp3) is 0.280. The van der Waals surface area contributed by atoms with E-state index in [1.54, 1.807) is 6.07 Å². The Morgan fingerprint density at radius 3 is 2.32 bits per heavy atom. The molecular formula is C25H21NO5. The van der Waals surface area contributed by atoms with Gasteiger partial charge in [-0.05, 0) is 47.6 Å². The Kier molecular flexibility index (Phi) is 4.77. The topological polar surface area (TPSA) is 80.8 Å². The van der Waals surface area contributed by atoms with Gasteiger partial charge in [0.2, 0.25) is 11.8 Å². The molecule has 2 aliphatic carbocycles. The number of Topliss-reactive ketones (excluding diaryl/α,β-unsaturated/α-hetero) is 1. The van der Waals surface area contributed by atoms with E-state index in [4.69, 9.17) is 4.74 Å². The minimum Gasteiger partial charge on any atom is -0.456 e. The van der Waals surface area contributed by atoms with Crippen molar-refractivity contribution in [3.05, 3.63) is 71.3 Å². The van der Waals surface area contributed by atoms with E-state index in [1.165, 1.54) is 5.56 Å². The number of benzene rings is 2. The maximum absolute atomic E-state index is 12.6. The van der Waals surface area contributed by atoms with Gasteiger partial charge < -0.3 is 4.74 Å². The highest BCUT2D eigenvalue weighted by atomic mass is 16.5. The molecule has 0 bridgehead atoms. The highest BCUT2D eigenvalue weighted by Crippen LogP contribution is 2.37. The van der Waals surface area contributed by atoms with Crippen molar-refractivity contribution in [2.45, 2.75) is 19.3 Å². The summed E-state index contributed by atoms with van der Waals surface area (Å²) in [4.78, 5) is 50.7. The van der Waals surface area contributed by atoms with Crippen LogP contribution >= 0.6 is 0 Å². The predicted octanol–water partition coefficient (Wildman–Crippen LogP) is 2.93. The van der Waals surface area contributed by atoms with Crippen molar-refractivity contribution in [3.8, 4) is 11.1 Å². The molecule has 0 radical (unpaired) electrons. The zero-order valence-electron chi connectivity index (χ0n) is 16.9. The first-order valence-corrected chi connectivity index (χ1v) is 10.4. The van der Waals surface area contributed by atoms with Crippen LogP contribution in [-0.4, -0.2) is 41.6 Å². The second-order valence-electron chi connectivity index (χ2n) is 8.21. The first-order valence-electron chi connectivity index (χ1n) is 10.4. The summed E-state index contributed by atoms with van der Waals surface area (Å²) in [6, 6.07) is 13.6. The van der Waals surface area contributed by atoms with Gasteiger partial charge >= 0.3 is 5.97 Å². The highest BCUT2D eigenvalue weighted by Gasteiger charge is 2.47. The molecular weight excluding hydrogens is 394 g/mol. The van der Waals surface area contributed by atoms with Gasteiger partial charge in [0.25, 0.3) is 0 Å². The molecule has 1 heterocycles. The Labute approximate surface area is 179 Å². The Bertz CT molecular complexity index is 1120. The summed E-state index contributed by atoms with van der Waals surface area (Å²) in [6.45, 7) is -0.876. The summed E-state index contributed by atoms with van der Waals surface area (Å²) >= 11 is 0. The molecule has 2 unspecified atom stereocenters. The van der Waals surface area contributed by atoms with Crippen LogP contribution in [0, 0.1) is 11.8 Å². The second-order valence-corrected chi connectivity index (χ2v) is 8.21. The number of hydrogen-bond acceptors (Lipinski definition) is 5. The van der Waals surface area contributed by atoms with Gasteiger partial charge in [0, 0.05) is 5.56 Å². The van der Waals surface area contributed by atoms with Gasteiger partial charge in [0.05, 0.1) is 11.8 Å². The quantitative estimate of drug-likeness (QED) is 0.277. The molecule has 31 heavy (non-hydrogen) atoms. The molecule has 1 fully saturated rings. The lowest BCUT2D eigenvalue weighted by Gasteiger charge is -2.14. The molecule has 2 amide bonds. The third kappa shape index (κ3) is 3.38. The van der Waals surface area contributed by atoms with Gasteiger partial charge in [0.15, 0.2) is 12.4 Å². The number of esters is 1. The lowest BCUT2D eigenvalue weighted by molar-refractivity contribution is -0.152. The van der Waals surface area contributed by atoms with Crippen molar-refractivity contribution >= 4 is 23.6 Å². The van der Waals surface area contributed by atoms with Gasteiger partial charge in [-0.2, -0.15) is 0 Å². The van der Waals surface area contributed by atoms with Crippen molar-refractivity contribution in [2.75, 3.05) is 13.2 Å². The molecule has 0 N–H and O–H groups in total. The number of likely N-dealkylation sites (tertiary alicyclic amines) is 1. The third-order valence-electron chi connectivity index (χ3n) is 6.37. The monoisotopic (exact) mass is 415 g/mol. The van der Waals surface area contributed by atoms with Gasteiger partial charge in [0.1, 0.15) is 6.54 Å². The molecule has 5 rings (SSSR count). The van der Waals surface area contributed by atoms with E-state index in [0.29, 0.717) is 18.4 Å². The number of ether oxygens (including phenoxy) is 1. The Morgan fingerprint density at radius 2 is 1.58 bits per heavy atom. The van der Waals surface area contributed by atoms with Crippen LogP contribution in [-0.2, 0) is 25.5 Å². The number of amides is 2. The van der Waals surface area contributed by atoms with Gasteiger partial charge in [-0.15, -0.1) is 0 Å². The van der Waals surface area contributed by atoms with E-state index in [9.17, 15) is 19.2 Å². The number of hydrogen-bond donors (Lipinski definition) is 0. The highest BCUT2D eigenvalue weighted by molar-refractivity contribution is 6.07. The van der Waals surface area contributed by atoms with Crippen molar-refractivity contribution in [1.29, 1.82) is 0 Å². The maximum atomic E-state index is 12.6. The van der Waals surface area contributed by atoms with Crippen LogP contribution < -0.4 is 0 Å². The van der Waals surface area contributed by atoms with Crippen LogP contribution in [0.15, 0.2) is 54.6 Å². The second kappa shape index (κ2) is 7.61. The number of ketones is 1. The van der Waals surface area contributed by atoms with Crippen LogP contribution in [0.5, 0.6) is 0 Å². The first kappa shape index (κ1) is 19.4. The molecule has 3 aliphatic rings. The number of rotatable bonds is 5. The molecule has 0 spiro atoms. The van der Waals surface area contributed by atoms with E-state index >= 15 is 0 Å². The molecule has 1 aliphatic heterocycles. The van der Waals surface area contributed by atoms with E-state index in [2.05, 4.69) is 6.07 Å². The molecule has 6 heteroatoms. The number of fused-ring (bicyclic) bond motifs is 4. The Morgan fingerprint density at radius 1 is 0.903 bits per heavy atom. The third-order valence-corrected chi connectivity index (χ3v) is 6.37. The van der Waals surface area contributed by atoms with Gasteiger partial charge in [-0.3, -0.25) is 24.1 Å². The molecule has 2 aromatic carbocycles. The van der Waals surface area contributed by atoms with Crippen LogP contribution in [0.25, 0.3) is 11.1 Å². The molecule has 156 valence electrons. The molecule has 0 aromatic heterocycles. The van der Waals surface area contributed by atoms with Crippen molar-refractivity contribution in [3.63, 3.8) is 0 Å². The zero-order chi connectivity index (χ0) is 21.5. The van der Waals surface area contributed by atoms with Gasteiger partial charge in [-0.25, -0.2) is 0 Å². The standard InChI is InChI=1S/C25H21NO5/c27-22(17-10-9-16-11-15-5-1-2-6-18(15)21(16)12-17)14-31-23(28)13-26-24(29)19-7-3-4-8-20(19)25(26)30/h1-6,9-10,12,19-20H,7-8,11,13-14H2. The van der Waals surface area contributed by atoms with Gasteiger partial charge in [-0.1, -0.05) is 48.6 Å². The fourth-order valence-corrected chi connectivity index (χ4v) is 4.73. The lowest BCUT2D eigenvalue weighted by atomic mass is 9.85. The summed E-state index contributed by atoms with van der Waals surface area (Å²) in [5.41, 5.74) is 5.00. The van der Waals surface area contributed by atoms with Crippen molar-refractivity contribution in [2.24, 2.45) is 11.8 Å². The average molecular weight is 415 g/mol. The van der Waals surface area contributed by atoms with Crippen LogP contribution in [0.2, 0.25) is 0 Å². The van der Waals surface area contributed by atoms with Crippen molar-refractivity contribution in [1.82, 2.24) is 4.90 Å². The van der Waals surface area contributed by atoms with E-state index in [-0.39, 0.29) is 29.4 Å². The first-order chi connectivity index (χ1) is 15.0. The summed E-state index contributed by atoms with van der Waals surface area (Å²) in [7, 11) is 0. The summed E-state index contributed by atoms with van der Waals surface area (Å²) in [5.74, 6) is -2.52. The molecule has 1 saturated heterocycles. The largest absolute Gasteiger partial charge is 0.456 e. The average Bonchev–Trinajstić information content (AvgIpc) is 3.28. The lowest BCUT2D eigenvalue weighted by Crippen LogP contribution is -2.37. The number of carbonyl (C=O) groups is 4. The van der Waals surface area contributed by atoms with Crippen LogP contribution in [0.3, 0.4) is 0 Å². The molecule has 6 nitrogen and oxygen atoms in total. The number of allylic oxidation sites excluding steroid dienone is 2. The van der Waals surface area contributed by atoms with Crippen molar-refractivity contribution < 1.29 is 23.9 Å². The molecule has 0 saturated carbocycles. The van der Waals surface area contributed by atoms with Crippen LogP contribution in [0.4, 0.5) is 0 Å². The Hall–Kier alpha value is -3.54. The van der Waals surface area contributed by atoms with Crippen LogP contribution in [0.1, 0.15) is 34.3 Å². The summed E-state index contributed by atoms with van der Waals surface area (Å²) < 4.78 is 5.11. The van der Waals surface area contributed by atoms with E-state index < -0.39 is 19.1 Å². The molecule has 2 aromatic rings. The van der Waals surface area contributed by atoms with E-state index in [1.807, 2.05) is 42.5 Å². The fourth-order valence-electron chi connectivity index (χ4n) is 4.73. The molecule has 2 atom stereocenters. The minimum atomic E-state index is -0.756. The summed E-state index contributed by atoms with van der Waals surface area (Å²) in [5, 5.41) is 0. The number of nitrogens with zero attached hydrogens (tertiary/aromatic N) is 1. The maximum Gasteiger partial charge on any atom is 0.326 e. The number of carbonyl (C=O) groups excluding carboxylic acids is 4. The normalized spacial score (nSPS) is 21.0. The SMILES string of the molecule is O=C(CN1C(=O)C2CC=CCC2C1=O)OCC(=O)c1ccc2c(c1)-c1ccccc1C2. The number of imide groups is 1. The smallest absolute Gasteiger partial charge is 0.326 e. The zero-order valence-corrected chi connectivity index (χ0v) is 16.9. The predicted molar refractivity (Wildman–Crippen MR) is 112 cm³/mol.